The van der Waals surface area contributed by atoms with E-state index in [2.05, 4.69) is 38.2 Å². The number of phosphoric ester groups is 1. The average molecular weight is 1120 g/mol. The molecule has 2 atom stereocenters. The van der Waals surface area contributed by atoms with Gasteiger partial charge in [-0.1, -0.05) is 295 Å². The van der Waals surface area contributed by atoms with E-state index in [1.165, 1.54) is 283 Å². The van der Waals surface area contributed by atoms with Crippen molar-refractivity contribution >= 4 is 19.8 Å². The van der Waals surface area contributed by atoms with Gasteiger partial charge in [0.15, 0.2) is 6.10 Å². The second-order valence-corrected chi connectivity index (χ2v) is 26.0. The van der Waals surface area contributed by atoms with Gasteiger partial charge in [0.05, 0.1) is 27.7 Å². The molecule has 0 radical (unpaired) electrons. The lowest BCUT2D eigenvalue weighted by atomic mass is 10.0. The van der Waals surface area contributed by atoms with E-state index in [1.807, 2.05) is 21.1 Å². The molecule has 0 aromatic heterocycles. The molecule has 9 nitrogen and oxygen atoms in total. The van der Waals surface area contributed by atoms with Crippen LogP contribution in [-0.4, -0.2) is 74.9 Å². The minimum atomic E-state index is -4.39. The zero-order chi connectivity index (χ0) is 57.0. The first kappa shape index (κ1) is 76.5. The van der Waals surface area contributed by atoms with Crippen molar-refractivity contribution in [2.45, 2.75) is 354 Å². The number of nitrogens with zero attached hydrogens (tertiary/aromatic N) is 1. The van der Waals surface area contributed by atoms with Crippen molar-refractivity contribution in [3.8, 4) is 0 Å². The number of hydrogen-bond acceptors (Lipinski definition) is 7. The van der Waals surface area contributed by atoms with Gasteiger partial charge in [-0.2, -0.15) is 0 Å². The quantitative estimate of drug-likeness (QED) is 0.0211. The molecule has 1 N–H and O–H groups in total. The number of rotatable bonds is 64. The summed E-state index contributed by atoms with van der Waals surface area (Å²) in [5.41, 5.74) is 0. The summed E-state index contributed by atoms with van der Waals surface area (Å²) in [6, 6.07) is 0. The maximum atomic E-state index is 12.9. The molecule has 0 aliphatic rings. The second kappa shape index (κ2) is 60.1. The fourth-order valence-electron chi connectivity index (χ4n) is 10.2. The van der Waals surface area contributed by atoms with Gasteiger partial charge in [-0.25, -0.2) is 4.57 Å². The Morgan fingerprint density at radius 1 is 0.385 bits per heavy atom. The zero-order valence-electron chi connectivity index (χ0n) is 52.7. The Hall–Kier alpha value is -1.51. The SMILES string of the molecule is CCCCCCCC/C=C\CCCCCCCCCCCC(=O)OCC(COP(=O)(O)OCC[N+](C)(C)C)OC(=O)CCCCCCCCCCCCCCCCCCCCCCCCC/C=C\CCCCCCCCCC. The van der Waals surface area contributed by atoms with Gasteiger partial charge in [0.2, 0.25) is 0 Å². The molecule has 2 unspecified atom stereocenters. The Bertz CT molecular complexity index is 1370. The summed E-state index contributed by atoms with van der Waals surface area (Å²) in [5.74, 6) is -0.780. The molecular weight excluding hydrogens is 990 g/mol. The van der Waals surface area contributed by atoms with Gasteiger partial charge >= 0.3 is 19.8 Å². The van der Waals surface area contributed by atoms with Crippen LogP contribution in [-0.2, 0) is 32.7 Å². The van der Waals surface area contributed by atoms with Crippen molar-refractivity contribution in [1.29, 1.82) is 0 Å². The summed E-state index contributed by atoms with van der Waals surface area (Å²) in [6.45, 7) is 4.49. The van der Waals surface area contributed by atoms with E-state index in [1.54, 1.807) is 0 Å². The van der Waals surface area contributed by atoms with Gasteiger partial charge in [-0.3, -0.25) is 18.6 Å². The highest BCUT2D eigenvalue weighted by Gasteiger charge is 2.27. The van der Waals surface area contributed by atoms with E-state index in [0.717, 1.165) is 32.1 Å². The number of allylic oxidation sites excluding steroid dienone is 4. The molecule has 78 heavy (non-hydrogen) atoms. The van der Waals surface area contributed by atoms with E-state index in [9.17, 15) is 19.0 Å². The van der Waals surface area contributed by atoms with Crippen LogP contribution in [0.4, 0.5) is 0 Å². The molecule has 0 aromatic rings. The first-order valence-corrected chi connectivity index (χ1v) is 35.6. The van der Waals surface area contributed by atoms with Crippen LogP contribution in [0.15, 0.2) is 24.3 Å². The predicted molar refractivity (Wildman–Crippen MR) is 335 cm³/mol. The monoisotopic (exact) mass is 1120 g/mol. The maximum Gasteiger partial charge on any atom is 0.472 e. The molecule has 0 fully saturated rings. The summed E-state index contributed by atoms with van der Waals surface area (Å²) in [6.07, 6.45) is 74.3. The molecule has 0 spiro atoms. The Morgan fingerprint density at radius 2 is 0.654 bits per heavy atom. The molecule has 0 saturated heterocycles. The Balaban J connectivity index is 3.95. The Labute approximate surface area is 485 Å². The summed E-state index contributed by atoms with van der Waals surface area (Å²) in [4.78, 5) is 35.8. The molecule has 0 aromatic carbocycles. The molecule has 0 aliphatic carbocycles. The zero-order valence-corrected chi connectivity index (χ0v) is 53.6. The van der Waals surface area contributed by atoms with Crippen molar-refractivity contribution in [2.75, 3.05) is 47.5 Å². The number of ether oxygens (including phenoxy) is 2. The number of likely N-dealkylation sites (N-methyl/N-ethyl adjacent to an activating group) is 1. The van der Waals surface area contributed by atoms with Crippen LogP contribution in [0.5, 0.6) is 0 Å². The van der Waals surface area contributed by atoms with Crippen LogP contribution in [0.1, 0.15) is 348 Å². The normalized spacial score (nSPS) is 13.3. The number of quaternary nitrogens is 1. The van der Waals surface area contributed by atoms with Crippen molar-refractivity contribution < 1.29 is 42.1 Å². The maximum absolute atomic E-state index is 12.9. The third-order valence-electron chi connectivity index (χ3n) is 15.5. The van der Waals surface area contributed by atoms with Crippen LogP contribution >= 0.6 is 7.82 Å². The molecule has 0 saturated carbocycles. The van der Waals surface area contributed by atoms with Crippen LogP contribution < -0.4 is 0 Å². The summed E-state index contributed by atoms with van der Waals surface area (Å²) >= 11 is 0. The number of unbranched alkanes of at least 4 members (excludes halogenated alkanes) is 46. The van der Waals surface area contributed by atoms with Crippen LogP contribution in [0.25, 0.3) is 0 Å². The molecule has 0 rings (SSSR count). The first-order valence-electron chi connectivity index (χ1n) is 34.1. The van der Waals surface area contributed by atoms with Crippen molar-refractivity contribution in [3.63, 3.8) is 0 Å². The van der Waals surface area contributed by atoms with Crippen LogP contribution in [0.2, 0.25) is 0 Å². The van der Waals surface area contributed by atoms with Gasteiger partial charge in [-0.15, -0.1) is 0 Å². The van der Waals surface area contributed by atoms with Crippen LogP contribution in [0, 0.1) is 0 Å². The number of hydrogen-bond donors (Lipinski definition) is 1. The van der Waals surface area contributed by atoms with E-state index in [4.69, 9.17) is 18.5 Å². The number of carbonyl (C=O) groups excluding carboxylic acids is 2. The average Bonchev–Trinajstić information content (AvgIpc) is 3.41. The van der Waals surface area contributed by atoms with Gasteiger partial charge < -0.3 is 18.9 Å². The smallest absolute Gasteiger partial charge is 0.462 e. The molecule has 0 aliphatic heterocycles. The lowest BCUT2D eigenvalue weighted by Gasteiger charge is -2.24. The lowest BCUT2D eigenvalue weighted by Crippen LogP contribution is -2.37. The van der Waals surface area contributed by atoms with Crippen molar-refractivity contribution in [2.24, 2.45) is 0 Å². The van der Waals surface area contributed by atoms with Crippen molar-refractivity contribution in [3.05, 3.63) is 24.3 Å². The standard InChI is InChI=1S/C68H132NO8P/c1-6-8-10-12-14-16-18-20-22-24-26-27-28-29-30-31-32-33-34-35-36-37-38-39-40-41-43-45-47-49-51-53-55-57-59-61-68(71)77-66(65-76-78(72,73)75-63-62-69(3,4)5)64-74-67(70)60-58-56-54-52-50-48-46-44-42-25-23-21-19-17-15-13-11-9-7-2/h21,23-24,26,66H,6-20,22,25,27-65H2,1-5H3/p+1/b23-21-,26-24-. The van der Waals surface area contributed by atoms with E-state index in [0.29, 0.717) is 23.9 Å². The summed E-state index contributed by atoms with van der Waals surface area (Å²) in [5, 5.41) is 0. The van der Waals surface area contributed by atoms with Crippen LogP contribution in [0.3, 0.4) is 0 Å². The summed E-state index contributed by atoms with van der Waals surface area (Å²) in [7, 11) is 1.50. The van der Waals surface area contributed by atoms with E-state index >= 15 is 0 Å². The number of carbonyl (C=O) groups is 2. The molecule has 462 valence electrons. The number of esters is 2. The molecule has 0 bridgehead atoms. The van der Waals surface area contributed by atoms with Gasteiger partial charge in [0.25, 0.3) is 0 Å². The third kappa shape index (κ3) is 63.7. The minimum Gasteiger partial charge on any atom is -0.462 e. The first-order chi connectivity index (χ1) is 38.0. The molecule has 0 heterocycles. The highest BCUT2D eigenvalue weighted by molar-refractivity contribution is 7.47. The highest BCUT2D eigenvalue weighted by atomic mass is 31.2. The number of phosphoric acid groups is 1. The highest BCUT2D eigenvalue weighted by Crippen LogP contribution is 2.43. The second-order valence-electron chi connectivity index (χ2n) is 24.6. The lowest BCUT2D eigenvalue weighted by molar-refractivity contribution is -0.870. The molecule has 10 heteroatoms. The van der Waals surface area contributed by atoms with Gasteiger partial charge in [0.1, 0.15) is 19.8 Å². The summed E-state index contributed by atoms with van der Waals surface area (Å²) < 4.78 is 34.7. The van der Waals surface area contributed by atoms with E-state index < -0.39 is 26.5 Å². The predicted octanol–water partition coefficient (Wildman–Crippen LogP) is 21.7. The third-order valence-corrected chi connectivity index (χ3v) is 16.4. The fraction of sp³-hybridized carbons (Fsp3) is 0.912. The Morgan fingerprint density at radius 3 is 0.949 bits per heavy atom. The van der Waals surface area contributed by atoms with Gasteiger partial charge in [-0.05, 0) is 64.2 Å². The fourth-order valence-corrected chi connectivity index (χ4v) is 10.9. The topological polar surface area (TPSA) is 108 Å². The molecule has 0 amide bonds. The van der Waals surface area contributed by atoms with E-state index in [-0.39, 0.29) is 25.6 Å². The largest absolute Gasteiger partial charge is 0.472 e. The van der Waals surface area contributed by atoms with Gasteiger partial charge in [0, 0.05) is 12.8 Å². The Kier molecular flexibility index (Phi) is 58.9. The minimum absolute atomic E-state index is 0.0346. The molecular formula is C68H133NO8P+. The van der Waals surface area contributed by atoms with Crippen molar-refractivity contribution in [1.82, 2.24) is 0 Å².